The summed E-state index contributed by atoms with van der Waals surface area (Å²) in [6, 6.07) is 5.74. The minimum Gasteiger partial charge on any atom is -0.462 e. The third-order valence-electron chi connectivity index (χ3n) is 3.22. The average Bonchev–Trinajstić information content (AvgIpc) is 2.80. The van der Waals surface area contributed by atoms with Gasteiger partial charge in [0.1, 0.15) is 5.75 Å². The van der Waals surface area contributed by atoms with Gasteiger partial charge in [0.05, 0.1) is 17.9 Å². The maximum Gasteiger partial charge on any atom is 0.387 e. The van der Waals surface area contributed by atoms with Crippen LogP contribution in [0.3, 0.4) is 0 Å². The molecule has 0 spiro atoms. The lowest BCUT2D eigenvalue weighted by atomic mass is 10.1. The number of aromatic nitrogens is 1. The zero-order valence-electron chi connectivity index (χ0n) is 13.5. The number of ether oxygens (including phenoxy) is 2. The molecule has 8 heteroatoms. The van der Waals surface area contributed by atoms with Crippen LogP contribution in [0.25, 0.3) is 0 Å². The predicted octanol–water partition coefficient (Wildman–Crippen LogP) is 4.83. The van der Waals surface area contributed by atoms with E-state index in [1.54, 1.807) is 20.8 Å². The van der Waals surface area contributed by atoms with Crippen LogP contribution in [-0.4, -0.2) is 24.2 Å². The standard InChI is InChI=1S/C16H17F2N3O3/c1-4-23-15(22)13-9(2)14(19-10(13)3)21-20-11-5-7-12(8-6-11)24-16(17)18/h5-8,16,19H,4H2,1-3H3. The summed E-state index contributed by atoms with van der Waals surface area (Å²) in [6.07, 6.45) is 0. The van der Waals surface area contributed by atoms with E-state index in [0.717, 1.165) is 0 Å². The number of aromatic amines is 1. The summed E-state index contributed by atoms with van der Waals surface area (Å²) in [4.78, 5) is 14.9. The Morgan fingerprint density at radius 1 is 1.21 bits per heavy atom. The second kappa shape index (κ2) is 7.67. The van der Waals surface area contributed by atoms with E-state index in [1.807, 2.05) is 0 Å². The number of halogens is 2. The van der Waals surface area contributed by atoms with Crippen molar-refractivity contribution in [1.29, 1.82) is 0 Å². The van der Waals surface area contributed by atoms with E-state index in [9.17, 15) is 13.6 Å². The first-order valence-electron chi connectivity index (χ1n) is 7.25. The third kappa shape index (κ3) is 4.15. The van der Waals surface area contributed by atoms with Crippen LogP contribution in [0, 0.1) is 13.8 Å². The van der Waals surface area contributed by atoms with Gasteiger partial charge in [-0.15, -0.1) is 10.2 Å². The van der Waals surface area contributed by atoms with Crippen LogP contribution in [0.5, 0.6) is 5.75 Å². The van der Waals surface area contributed by atoms with Crippen molar-refractivity contribution < 1.29 is 23.0 Å². The molecule has 0 unspecified atom stereocenters. The molecule has 6 nitrogen and oxygen atoms in total. The lowest BCUT2D eigenvalue weighted by Crippen LogP contribution is -2.06. The Hall–Kier alpha value is -2.77. The molecule has 1 heterocycles. The van der Waals surface area contributed by atoms with Gasteiger partial charge in [0.25, 0.3) is 0 Å². The van der Waals surface area contributed by atoms with Gasteiger partial charge in [0, 0.05) is 11.3 Å². The first-order chi connectivity index (χ1) is 11.4. The van der Waals surface area contributed by atoms with E-state index < -0.39 is 12.6 Å². The summed E-state index contributed by atoms with van der Waals surface area (Å²) in [6.45, 7) is 2.63. The maximum atomic E-state index is 12.1. The van der Waals surface area contributed by atoms with E-state index in [-0.39, 0.29) is 12.4 Å². The average molecular weight is 337 g/mol. The number of benzene rings is 1. The molecule has 24 heavy (non-hydrogen) atoms. The van der Waals surface area contributed by atoms with Crippen LogP contribution in [-0.2, 0) is 4.74 Å². The Morgan fingerprint density at radius 3 is 2.46 bits per heavy atom. The second-order valence-corrected chi connectivity index (χ2v) is 4.89. The Labute approximate surface area is 137 Å². The Morgan fingerprint density at radius 2 is 1.88 bits per heavy atom. The monoisotopic (exact) mass is 337 g/mol. The van der Waals surface area contributed by atoms with E-state index in [4.69, 9.17) is 4.74 Å². The number of H-pyrrole nitrogens is 1. The molecule has 0 atom stereocenters. The molecule has 0 saturated carbocycles. The van der Waals surface area contributed by atoms with Crippen LogP contribution < -0.4 is 4.74 Å². The van der Waals surface area contributed by atoms with Crippen molar-refractivity contribution in [3.05, 3.63) is 41.1 Å². The van der Waals surface area contributed by atoms with Crippen LogP contribution in [0.2, 0.25) is 0 Å². The number of nitrogens with one attached hydrogen (secondary N) is 1. The maximum absolute atomic E-state index is 12.1. The third-order valence-corrected chi connectivity index (χ3v) is 3.22. The van der Waals surface area contributed by atoms with Gasteiger partial charge in [0.15, 0.2) is 5.82 Å². The second-order valence-electron chi connectivity index (χ2n) is 4.89. The van der Waals surface area contributed by atoms with E-state index in [2.05, 4.69) is 19.9 Å². The number of aryl methyl sites for hydroxylation is 1. The summed E-state index contributed by atoms with van der Waals surface area (Å²) in [7, 11) is 0. The van der Waals surface area contributed by atoms with E-state index in [1.165, 1.54) is 24.3 Å². The molecule has 1 N–H and O–H groups in total. The highest BCUT2D eigenvalue weighted by molar-refractivity contribution is 5.94. The molecular formula is C16H17F2N3O3. The first-order valence-corrected chi connectivity index (χ1v) is 7.25. The normalized spacial score (nSPS) is 11.2. The molecule has 0 aliphatic carbocycles. The smallest absolute Gasteiger partial charge is 0.387 e. The molecule has 0 saturated heterocycles. The van der Waals surface area contributed by atoms with Gasteiger partial charge in [-0.3, -0.25) is 0 Å². The van der Waals surface area contributed by atoms with Gasteiger partial charge in [-0.2, -0.15) is 8.78 Å². The van der Waals surface area contributed by atoms with Gasteiger partial charge in [-0.1, -0.05) is 0 Å². The highest BCUT2D eigenvalue weighted by atomic mass is 19.3. The van der Waals surface area contributed by atoms with Gasteiger partial charge in [-0.05, 0) is 45.0 Å². The Kier molecular flexibility index (Phi) is 5.62. The predicted molar refractivity (Wildman–Crippen MR) is 83.5 cm³/mol. The van der Waals surface area contributed by atoms with Crippen LogP contribution in [0.15, 0.2) is 34.5 Å². The van der Waals surface area contributed by atoms with Crippen LogP contribution in [0.4, 0.5) is 20.3 Å². The molecule has 0 bridgehead atoms. The summed E-state index contributed by atoms with van der Waals surface area (Å²) in [5.41, 5.74) is 2.17. The molecule has 0 aliphatic rings. The molecule has 1 aromatic heterocycles. The van der Waals surface area contributed by atoms with Gasteiger partial charge in [-0.25, -0.2) is 4.79 Å². The summed E-state index contributed by atoms with van der Waals surface area (Å²) in [5, 5.41) is 8.08. The first kappa shape index (κ1) is 17.6. The van der Waals surface area contributed by atoms with Crippen molar-refractivity contribution in [3.63, 3.8) is 0 Å². The van der Waals surface area contributed by atoms with Gasteiger partial charge >= 0.3 is 12.6 Å². The van der Waals surface area contributed by atoms with E-state index >= 15 is 0 Å². The molecular weight excluding hydrogens is 320 g/mol. The molecule has 0 radical (unpaired) electrons. The minimum absolute atomic E-state index is 0.0421. The van der Waals surface area contributed by atoms with Crippen LogP contribution >= 0.6 is 0 Å². The van der Waals surface area contributed by atoms with Crippen molar-refractivity contribution in [2.75, 3.05) is 6.61 Å². The van der Waals surface area contributed by atoms with Gasteiger partial charge < -0.3 is 14.5 Å². The quantitative estimate of drug-likeness (QED) is 0.606. The number of rotatable bonds is 6. The van der Waals surface area contributed by atoms with Crippen molar-refractivity contribution in [2.24, 2.45) is 10.2 Å². The lowest BCUT2D eigenvalue weighted by molar-refractivity contribution is -0.0498. The van der Waals surface area contributed by atoms with Crippen molar-refractivity contribution >= 4 is 17.5 Å². The molecule has 0 amide bonds. The number of alkyl halides is 2. The number of esters is 1. The highest BCUT2D eigenvalue weighted by Gasteiger charge is 2.19. The Bertz CT molecular complexity index is 740. The Balaban J connectivity index is 2.17. The van der Waals surface area contributed by atoms with Gasteiger partial charge in [0.2, 0.25) is 0 Å². The number of hydrogen-bond donors (Lipinski definition) is 1. The number of azo groups is 1. The summed E-state index contributed by atoms with van der Waals surface area (Å²) >= 11 is 0. The molecule has 2 aromatic rings. The number of carbonyl (C=O) groups is 1. The summed E-state index contributed by atoms with van der Waals surface area (Å²) < 4.78 is 33.4. The molecule has 1 aromatic carbocycles. The topological polar surface area (TPSA) is 76.0 Å². The largest absolute Gasteiger partial charge is 0.462 e. The SMILES string of the molecule is CCOC(=O)c1c(C)[nH]c(N=Nc2ccc(OC(F)F)cc2)c1C. The van der Waals surface area contributed by atoms with E-state index in [0.29, 0.717) is 28.3 Å². The molecule has 2 rings (SSSR count). The van der Waals surface area contributed by atoms with Crippen molar-refractivity contribution in [1.82, 2.24) is 4.98 Å². The fraction of sp³-hybridized carbons (Fsp3) is 0.312. The number of nitrogens with zero attached hydrogens (tertiary/aromatic N) is 2. The van der Waals surface area contributed by atoms with Crippen molar-refractivity contribution in [3.8, 4) is 5.75 Å². The molecule has 0 aliphatic heterocycles. The zero-order chi connectivity index (χ0) is 17.7. The minimum atomic E-state index is -2.87. The lowest BCUT2D eigenvalue weighted by Gasteiger charge is -2.03. The fourth-order valence-electron chi connectivity index (χ4n) is 2.14. The highest BCUT2D eigenvalue weighted by Crippen LogP contribution is 2.27. The number of hydrogen-bond acceptors (Lipinski definition) is 5. The fourth-order valence-corrected chi connectivity index (χ4v) is 2.14. The summed E-state index contributed by atoms with van der Waals surface area (Å²) in [5.74, 6) is 0.0580. The number of carbonyl (C=O) groups excluding carboxylic acids is 1. The molecule has 0 fully saturated rings. The molecule has 128 valence electrons. The van der Waals surface area contributed by atoms with Crippen LogP contribution in [0.1, 0.15) is 28.5 Å². The van der Waals surface area contributed by atoms with Crippen molar-refractivity contribution in [2.45, 2.75) is 27.4 Å². The zero-order valence-corrected chi connectivity index (χ0v) is 13.5.